The van der Waals surface area contributed by atoms with Crippen LogP contribution in [0.1, 0.15) is 31.7 Å². The number of methoxy groups -OCH3 is 1. The van der Waals surface area contributed by atoms with Gasteiger partial charge in [0, 0.05) is 25.1 Å². The predicted octanol–water partition coefficient (Wildman–Crippen LogP) is 5.04. The quantitative estimate of drug-likeness (QED) is 0.488. The summed E-state index contributed by atoms with van der Waals surface area (Å²) in [7, 11) is 3.52. The van der Waals surface area contributed by atoms with Crippen LogP contribution in [0.15, 0.2) is 54.6 Å². The molecule has 4 rings (SSSR count). The van der Waals surface area contributed by atoms with E-state index in [-0.39, 0.29) is 11.8 Å². The zero-order valence-corrected chi connectivity index (χ0v) is 18.4. The van der Waals surface area contributed by atoms with E-state index in [1.54, 1.807) is 11.8 Å². The van der Waals surface area contributed by atoms with Crippen LogP contribution < -0.4 is 9.47 Å². The lowest BCUT2D eigenvalue weighted by Crippen LogP contribution is -2.32. The number of benzene rings is 2. The lowest BCUT2D eigenvalue weighted by atomic mass is 10.1. The van der Waals surface area contributed by atoms with Crippen molar-refractivity contribution < 1.29 is 14.3 Å². The van der Waals surface area contributed by atoms with Gasteiger partial charge in [0.1, 0.15) is 17.2 Å². The van der Waals surface area contributed by atoms with Crippen LogP contribution in [0.3, 0.4) is 0 Å². The lowest BCUT2D eigenvalue weighted by Gasteiger charge is -2.23. The molecule has 0 aliphatic heterocycles. The minimum absolute atomic E-state index is 0.175. The number of carbonyl (C=O) groups excluding carboxylic acids is 1. The predicted molar refractivity (Wildman–Crippen MR) is 120 cm³/mol. The molecule has 0 N–H and O–H groups in total. The van der Waals surface area contributed by atoms with Gasteiger partial charge in [0.25, 0.3) is 0 Å². The van der Waals surface area contributed by atoms with Crippen molar-refractivity contribution in [3.63, 3.8) is 0 Å². The fourth-order valence-corrected chi connectivity index (χ4v) is 3.72. The maximum Gasteiger partial charge on any atom is 0.225 e. The van der Waals surface area contributed by atoms with E-state index in [0.29, 0.717) is 18.2 Å². The zero-order chi connectivity index (χ0) is 21.8. The molecule has 1 aliphatic rings. The molecule has 0 atom stereocenters. The van der Waals surface area contributed by atoms with Crippen LogP contribution in [0.2, 0.25) is 0 Å². The summed E-state index contributed by atoms with van der Waals surface area (Å²) in [6.07, 6.45) is 2.90. The van der Waals surface area contributed by atoms with Gasteiger partial charge in [0.05, 0.1) is 19.2 Å². The largest absolute Gasteiger partial charge is 0.497 e. The molecular weight excluding hydrogens is 390 g/mol. The molecule has 0 radical (unpaired) electrons. The highest BCUT2D eigenvalue weighted by atomic mass is 16.5. The van der Waals surface area contributed by atoms with E-state index in [9.17, 15) is 4.79 Å². The highest BCUT2D eigenvalue weighted by Crippen LogP contribution is 2.36. The number of aryl methyl sites for hydroxylation is 1. The number of aromatic nitrogens is 2. The first-order valence-electron chi connectivity index (χ1n) is 10.8. The van der Waals surface area contributed by atoms with Crippen molar-refractivity contribution in [1.82, 2.24) is 14.7 Å². The smallest absolute Gasteiger partial charge is 0.225 e. The van der Waals surface area contributed by atoms with Gasteiger partial charge in [0.2, 0.25) is 11.8 Å². The molecule has 1 fully saturated rings. The van der Waals surface area contributed by atoms with Gasteiger partial charge >= 0.3 is 0 Å². The Balaban J connectivity index is 1.72. The van der Waals surface area contributed by atoms with E-state index in [0.717, 1.165) is 48.4 Å². The average Bonchev–Trinajstić information content (AvgIpc) is 3.61. The molecule has 162 valence electrons. The van der Waals surface area contributed by atoms with Crippen molar-refractivity contribution in [2.45, 2.75) is 32.7 Å². The van der Waals surface area contributed by atoms with Gasteiger partial charge in [-0.25, -0.2) is 4.68 Å². The third-order valence-corrected chi connectivity index (χ3v) is 5.49. The van der Waals surface area contributed by atoms with E-state index in [1.165, 1.54) is 0 Å². The molecule has 3 aromatic rings. The standard InChI is InChI=1S/C25H29N3O3/c1-4-16-28(24(29)19-10-11-19)17-22-23(18-8-6-5-7-9-18)26-27(2)25(22)31-21-14-12-20(30-3)13-15-21/h5-9,12-15,19H,4,10-11,16-17H2,1-3H3. The summed E-state index contributed by atoms with van der Waals surface area (Å²) in [5, 5.41) is 4.77. The van der Waals surface area contributed by atoms with Gasteiger partial charge in [0.15, 0.2) is 0 Å². The number of ether oxygens (including phenoxy) is 2. The maximum absolute atomic E-state index is 12.9. The van der Waals surface area contributed by atoms with E-state index in [4.69, 9.17) is 14.6 Å². The summed E-state index contributed by atoms with van der Waals surface area (Å²) in [6, 6.07) is 17.5. The first-order chi connectivity index (χ1) is 15.1. The lowest BCUT2D eigenvalue weighted by molar-refractivity contribution is -0.133. The number of hydrogen-bond donors (Lipinski definition) is 0. The number of rotatable bonds is 9. The second kappa shape index (κ2) is 9.25. The molecule has 1 amide bonds. The van der Waals surface area contributed by atoms with E-state index < -0.39 is 0 Å². The summed E-state index contributed by atoms with van der Waals surface area (Å²) < 4.78 is 13.3. The maximum atomic E-state index is 12.9. The first kappa shape index (κ1) is 21.0. The molecule has 1 aromatic heterocycles. The van der Waals surface area contributed by atoms with Crippen LogP contribution >= 0.6 is 0 Å². The zero-order valence-electron chi connectivity index (χ0n) is 18.4. The summed E-state index contributed by atoms with van der Waals surface area (Å²) in [5.41, 5.74) is 2.77. The Labute approximate surface area is 183 Å². The average molecular weight is 420 g/mol. The fourth-order valence-electron chi connectivity index (χ4n) is 3.72. The topological polar surface area (TPSA) is 56.6 Å². The Morgan fingerprint density at radius 2 is 1.77 bits per heavy atom. The highest BCUT2D eigenvalue weighted by Gasteiger charge is 2.34. The minimum Gasteiger partial charge on any atom is -0.497 e. The van der Waals surface area contributed by atoms with Gasteiger partial charge in [-0.05, 0) is 43.5 Å². The Morgan fingerprint density at radius 1 is 1.10 bits per heavy atom. The Bertz CT molecular complexity index is 1020. The molecule has 31 heavy (non-hydrogen) atoms. The third-order valence-electron chi connectivity index (χ3n) is 5.49. The van der Waals surface area contributed by atoms with Crippen LogP contribution in [0.4, 0.5) is 0 Å². The monoisotopic (exact) mass is 419 g/mol. The van der Waals surface area contributed by atoms with Crippen LogP contribution in [0.25, 0.3) is 11.3 Å². The van der Waals surface area contributed by atoms with Crippen molar-refractivity contribution in [2.75, 3.05) is 13.7 Å². The van der Waals surface area contributed by atoms with Crippen molar-refractivity contribution in [3.8, 4) is 28.6 Å². The number of nitrogens with zero attached hydrogens (tertiary/aromatic N) is 3. The summed E-state index contributed by atoms with van der Waals surface area (Å²) in [6.45, 7) is 3.30. The first-order valence-corrected chi connectivity index (χ1v) is 10.8. The Kier molecular flexibility index (Phi) is 6.26. The summed E-state index contributed by atoms with van der Waals surface area (Å²) in [4.78, 5) is 14.9. The highest BCUT2D eigenvalue weighted by molar-refractivity contribution is 5.81. The van der Waals surface area contributed by atoms with Crippen LogP contribution in [-0.4, -0.2) is 34.2 Å². The molecule has 1 saturated carbocycles. The van der Waals surface area contributed by atoms with Crippen LogP contribution in [-0.2, 0) is 18.4 Å². The molecule has 0 saturated heterocycles. The van der Waals surface area contributed by atoms with Gasteiger partial charge < -0.3 is 14.4 Å². The normalized spacial score (nSPS) is 13.1. The van der Waals surface area contributed by atoms with Gasteiger partial charge in [-0.3, -0.25) is 4.79 Å². The molecule has 6 nitrogen and oxygen atoms in total. The molecule has 1 aliphatic carbocycles. The molecule has 6 heteroatoms. The molecule has 0 unspecified atom stereocenters. The van der Waals surface area contributed by atoms with Crippen molar-refractivity contribution in [1.29, 1.82) is 0 Å². The number of amides is 1. The van der Waals surface area contributed by atoms with Crippen molar-refractivity contribution >= 4 is 5.91 Å². The fraction of sp³-hybridized carbons (Fsp3) is 0.360. The van der Waals surface area contributed by atoms with Gasteiger partial charge in [-0.2, -0.15) is 5.10 Å². The minimum atomic E-state index is 0.175. The molecular formula is C25H29N3O3. The second-order valence-corrected chi connectivity index (χ2v) is 7.93. The van der Waals surface area contributed by atoms with E-state index in [1.807, 2.05) is 66.5 Å². The Hall–Kier alpha value is -3.28. The van der Waals surface area contributed by atoms with E-state index in [2.05, 4.69) is 6.92 Å². The summed E-state index contributed by atoms with van der Waals surface area (Å²) >= 11 is 0. The van der Waals surface area contributed by atoms with Crippen molar-refractivity contribution in [2.24, 2.45) is 13.0 Å². The van der Waals surface area contributed by atoms with Crippen LogP contribution in [0, 0.1) is 5.92 Å². The molecule has 1 heterocycles. The van der Waals surface area contributed by atoms with Gasteiger partial charge in [-0.1, -0.05) is 37.3 Å². The molecule has 0 spiro atoms. The third kappa shape index (κ3) is 4.74. The molecule has 0 bridgehead atoms. The number of carbonyl (C=O) groups is 1. The Morgan fingerprint density at radius 3 is 2.39 bits per heavy atom. The SMILES string of the molecule is CCCN(Cc1c(-c2ccccc2)nn(C)c1Oc1ccc(OC)cc1)C(=O)C1CC1. The summed E-state index contributed by atoms with van der Waals surface area (Å²) in [5.74, 6) is 2.52. The van der Waals surface area contributed by atoms with E-state index >= 15 is 0 Å². The van der Waals surface area contributed by atoms with Crippen LogP contribution in [0.5, 0.6) is 17.4 Å². The molecule has 2 aromatic carbocycles. The van der Waals surface area contributed by atoms with Crippen molar-refractivity contribution in [3.05, 3.63) is 60.2 Å². The second-order valence-electron chi connectivity index (χ2n) is 7.93. The number of hydrogen-bond acceptors (Lipinski definition) is 4. The van der Waals surface area contributed by atoms with Gasteiger partial charge in [-0.15, -0.1) is 0 Å².